The molecule has 0 unspecified atom stereocenters. The smallest absolute Gasteiger partial charge is 0.149 e. The van der Waals surface area contributed by atoms with E-state index in [-0.39, 0.29) is 0 Å². The molecule has 0 radical (unpaired) electrons. The van der Waals surface area contributed by atoms with Crippen molar-refractivity contribution in [1.82, 2.24) is 8.96 Å². The van der Waals surface area contributed by atoms with E-state index in [4.69, 9.17) is 5.26 Å². The van der Waals surface area contributed by atoms with Crippen molar-refractivity contribution in [3.8, 4) is 6.07 Å². The minimum atomic E-state index is 0.452. The van der Waals surface area contributed by atoms with Crippen molar-refractivity contribution in [2.24, 2.45) is 0 Å². The highest BCUT2D eigenvalue weighted by Gasteiger charge is 1.91. The standard InChI is InChI=1S/C4H3N3S/c5-1-4-2-6-3-7(4)8/h2-3,8H. The summed E-state index contributed by atoms with van der Waals surface area (Å²) in [6, 6.07) is 1.90. The zero-order valence-corrected chi connectivity index (χ0v) is 4.84. The summed E-state index contributed by atoms with van der Waals surface area (Å²) >= 11 is 3.86. The van der Waals surface area contributed by atoms with E-state index in [1.54, 1.807) is 0 Å². The third kappa shape index (κ3) is 0.678. The summed E-state index contributed by atoms with van der Waals surface area (Å²) in [6.45, 7) is 0. The maximum Gasteiger partial charge on any atom is 0.149 e. The molecule has 0 N–H and O–H groups in total. The molecule has 0 atom stereocenters. The van der Waals surface area contributed by atoms with Gasteiger partial charge in [-0.25, -0.2) is 4.98 Å². The van der Waals surface area contributed by atoms with Crippen LogP contribution in [-0.4, -0.2) is 8.96 Å². The average Bonchev–Trinajstić information content (AvgIpc) is 2.14. The molecular weight excluding hydrogens is 122 g/mol. The topological polar surface area (TPSA) is 41.6 Å². The molecule has 1 aromatic heterocycles. The molecule has 0 spiro atoms. The van der Waals surface area contributed by atoms with Gasteiger partial charge in [0.2, 0.25) is 0 Å². The Morgan fingerprint density at radius 2 is 2.62 bits per heavy atom. The van der Waals surface area contributed by atoms with Crippen LogP contribution in [0.4, 0.5) is 0 Å². The number of hydrogen-bond donors (Lipinski definition) is 1. The second-order valence-electron chi connectivity index (χ2n) is 1.24. The van der Waals surface area contributed by atoms with Crippen LogP contribution in [0.2, 0.25) is 0 Å². The van der Waals surface area contributed by atoms with Crippen LogP contribution in [0.15, 0.2) is 12.5 Å². The maximum absolute atomic E-state index is 8.25. The molecule has 4 heteroatoms. The van der Waals surface area contributed by atoms with Gasteiger partial charge in [-0.3, -0.25) is 3.97 Å². The molecule has 40 valence electrons. The van der Waals surface area contributed by atoms with Crippen LogP contribution in [0.5, 0.6) is 0 Å². The van der Waals surface area contributed by atoms with Gasteiger partial charge in [0.05, 0.1) is 6.20 Å². The summed E-state index contributed by atoms with van der Waals surface area (Å²) in [6.07, 6.45) is 2.91. The molecule has 0 bridgehead atoms. The van der Waals surface area contributed by atoms with Crippen LogP contribution in [0, 0.1) is 11.3 Å². The first-order chi connectivity index (χ1) is 3.84. The van der Waals surface area contributed by atoms with Gasteiger partial charge in [0.25, 0.3) is 0 Å². The summed E-state index contributed by atoms with van der Waals surface area (Å²) in [4.78, 5) is 3.66. The van der Waals surface area contributed by atoms with E-state index in [0.29, 0.717) is 5.69 Å². The van der Waals surface area contributed by atoms with Crippen LogP contribution < -0.4 is 0 Å². The molecule has 1 heterocycles. The predicted octanol–water partition coefficient (Wildman–Crippen LogP) is 0.448. The number of thiol groups is 1. The van der Waals surface area contributed by atoms with Gasteiger partial charge in [-0.1, -0.05) is 12.8 Å². The van der Waals surface area contributed by atoms with Crippen molar-refractivity contribution in [3.63, 3.8) is 0 Å². The normalized spacial score (nSPS) is 8.50. The van der Waals surface area contributed by atoms with Crippen molar-refractivity contribution in [2.45, 2.75) is 0 Å². The first-order valence-corrected chi connectivity index (χ1v) is 2.36. The molecule has 3 nitrogen and oxygen atoms in total. The van der Waals surface area contributed by atoms with E-state index in [9.17, 15) is 0 Å². The van der Waals surface area contributed by atoms with Gasteiger partial charge >= 0.3 is 0 Å². The second-order valence-corrected chi connectivity index (χ2v) is 1.67. The number of nitrogens with zero attached hydrogens (tertiary/aromatic N) is 3. The zero-order valence-electron chi connectivity index (χ0n) is 3.94. The summed E-state index contributed by atoms with van der Waals surface area (Å²) in [5.74, 6) is 0. The molecule has 0 saturated carbocycles. The Morgan fingerprint density at radius 3 is 2.88 bits per heavy atom. The van der Waals surface area contributed by atoms with Crippen LogP contribution >= 0.6 is 12.8 Å². The van der Waals surface area contributed by atoms with E-state index in [1.807, 2.05) is 6.07 Å². The van der Waals surface area contributed by atoms with Crippen molar-refractivity contribution >= 4 is 12.8 Å². The van der Waals surface area contributed by atoms with E-state index in [1.165, 1.54) is 16.5 Å². The van der Waals surface area contributed by atoms with Gasteiger partial charge in [0, 0.05) is 0 Å². The Bertz CT molecular complexity index is 221. The number of hydrogen-bond acceptors (Lipinski definition) is 3. The van der Waals surface area contributed by atoms with E-state index >= 15 is 0 Å². The Balaban J connectivity index is 3.15. The first kappa shape index (κ1) is 5.19. The fourth-order valence-corrected chi connectivity index (χ4v) is 0.525. The molecule has 0 aliphatic heterocycles. The number of imidazole rings is 1. The molecule has 0 aromatic carbocycles. The lowest BCUT2D eigenvalue weighted by Gasteiger charge is -1.82. The fraction of sp³-hybridized carbons (Fsp3) is 0. The van der Waals surface area contributed by atoms with Crippen molar-refractivity contribution in [1.29, 1.82) is 5.26 Å². The Hall–Kier alpha value is -0.950. The Kier molecular flexibility index (Phi) is 1.22. The van der Waals surface area contributed by atoms with E-state index in [0.717, 1.165) is 0 Å². The second kappa shape index (κ2) is 1.88. The van der Waals surface area contributed by atoms with Gasteiger partial charge < -0.3 is 0 Å². The molecule has 1 rings (SSSR count). The largest absolute Gasteiger partial charge is 0.266 e. The predicted molar refractivity (Wildman–Crippen MR) is 31.3 cm³/mol. The van der Waals surface area contributed by atoms with Crippen LogP contribution in [0.25, 0.3) is 0 Å². The average molecular weight is 125 g/mol. The van der Waals surface area contributed by atoms with Crippen LogP contribution in [0.3, 0.4) is 0 Å². The van der Waals surface area contributed by atoms with Crippen LogP contribution in [0.1, 0.15) is 5.69 Å². The molecule has 0 saturated heterocycles. The Labute approximate surface area is 52.1 Å². The third-order valence-corrected chi connectivity index (χ3v) is 1.05. The van der Waals surface area contributed by atoms with E-state index in [2.05, 4.69) is 17.8 Å². The summed E-state index contributed by atoms with van der Waals surface area (Å²) < 4.78 is 1.36. The molecular formula is C4H3N3S. The van der Waals surface area contributed by atoms with Crippen molar-refractivity contribution in [3.05, 3.63) is 18.2 Å². The molecule has 0 fully saturated rings. The van der Waals surface area contributed by atoms with Gasteiger partial charge in [0.1, 0.15) is 18.1 Å². The van der Waals surface area contributed by atoms with Gasteiger partial charge in [-0.15, -0.1) is 0 Å². The highest BCUT2D eigenvalue weighted by Crippen LogP contribution is 1.95. The van der Waals surface area contributed by atoms with Crippen molar-refractivity contribution in [2.75, 3.05) is 0 Å². The number of nitriles is 1. The minimum Gasteiger partial charge on any atom is -0.266 e. The lowest BCUT2D eigenvalue weighted by molar-refractivity contribution is 1.22. The minimum absolute atomic E-state index is 0.452. The molecule has 0 amide bonds. The lowest BCUT2D eigenvalue weighted by atomic mass is 10.6. The monoisotopic (exact) mass is 125 g/mol. The highest BCUT2D eigenvalue weighted by atomic mass is 32.1. The van der Waals surface area contributed by atoms with Gasteiger partial charge in [-0.2, -0.15) is 5.26 Å². The summed E-state index contributed by atoms with van der Waals surface area (Å²) in [7, 11) is 0. The van der Waals surface area contributed by atoms with Crippen molar-refractivity contribution < 1.29 is 0 Å². The van der Waals surface area contributed by atoms with Crippen LogP contribution in [-0.2, 0) is 0 Å². The third-order valence-electron chi connectivity index (χ3n) is 0.734. The summed E-state index contributed by atoms with van der Waals surface area (Å²) in [5, 5.41) is 8.25. The zero-order chi connectivity index (χ0) is 5.98. The fourth-order valence-electron chi connectivity index (χ4n) is 0.369. The lowest BCUT2D eigenvalue weighted by Crippen LogP contribution is -1.78. The SMILES string of the molecule is N#Cc1cncn1S. The molecule has 8 heavy (non-hydrogen) atoms. The number of aromatic nitrogens is 2. The first-order valence-electron chi connectivity index (χ1n) is 1.96. The quantitative estimate of drug-likeness (QED) is 0.511. The van der Waals surface area contributed by atoms with Gasteiger partial charge in [0.15, 0.2) is 0 Å². The highest BCUT2D eigenvalue weighted by molar-refractivity contribution is 7.78. The maximum atomic E-state index is 8.25. The summed E-state index contributed by atoms with van der Waals surface area (Å²) in [5.41, 5.74) is 0.452. The van der Waals surface area contributed by atoms with E-state index < -0.39 is 0 Å². The van der Waals surface area contributed by atoms with Gasteiger partial charge in [-0.05, 0) is 0 Å². The number of rotatable bonds is 0. The molecule has 0 aliphatic carbocycles. The Morgan fingerprint density at radius 1 is 1.88 bits per heavy atom. The molecule has 0 aliphatic rings. The molecule has 1 aromatic rings.